The lowest BCUT2D eigenvalue weighted by molar-refractivity contribution is -0.124. The van der Waals surface area contributed by atoms with Crippen LogP contribution < -0.4 is 5.32 Å². The van der Waals surface area contributed by atoms with Gasteiger partial charge in [0.25, 0.3) is 5.91 Å². The summed E-state index contributed by atoms with van der Waals surface area (Å²) in [7, 11) is 0. The SMILES string of the molecule is CC12CC1(CNC(=O)COC1=CC=C(Cl)CC1)C2. The third-order valence-electron chi connectivity index (χ3n) is 4.56. The summed E-state index contributed by atoms with van der Waals surface area (Å²) in [5.74, 6) is 0.822. The van der Waals surface area contributed by atoms with Gasteiger partial charge < -0.3 is 10.1 Å². The molecule has 3 aliphatic rings. The van der Waals surface area contributed by atoms with Crippen molar-refractivity contribution in [1.29, 1.82) is 0 Å². The topological polar surface area (TPSA) is 38.3 Å². The maximum atomic E-state index is 11.6. The molecular weight excluding hydrogens is 250 g/mol. The first-order valence-electron chi connectivity index (χ1n) is 6.48. The summed E-state index contributed by atoms with van der Waals surface area (Å²) in [6.07, 6.45) is 7.81. The number of ether oxygens (including phenoxy) is 1. The highest BCUT2D eigenvalue weighted by molar-refractivity contribution is 6.29. The van der Waals surface area contributed by atoms with Crippen molar-refractivity contribution < 1.29 is 9.53 Å². The van der Waals surface area contributed by atoms with Crippen LogP contribution in [-0.2, 0) is 9.53 Å². The second-order valence-corrected chi connectivity index (χ2v) is 6.49. The molecule has 0 spiro atoms. The van der Waals surface area contributed by atoms with Crippen LogP contribution in [0.5, 0.6) is 0 Å². The Balaban J connectivity index is 1.37. The van der Waals surface area contributed by atoms with Crippen molar-refractivity contribution in [3.63, 3.8) is 0 Å². The van der Waals surface area contributed by atoms with Gasteiger partial charge in [0.05, 0.1) is 5.76 Å². The monoisotopic (exact) mass is 267 g/mol. The first-order chi connectivity index (χ1) is 8.53. The lowest BCUT2D eigenvalue weighted by Crippen LogP contribution is -2.30. The zero-order chi connectivity index (χ0) is 12.8. The van der Waals surface area contributed by atoms with Gasteiger partial charge in [0.15, 0.2) is 6.61 Å². The predicted octanol–water partition coefficient (Wildman–Crippen LogP) is 2.72. The van der Waals surface area contributed by atoms with Gasteiger partial charge in [-0.25, -0.2) is 0 Å². The molecule has 0 aromatic rings. The Morgan fingerprint density at radius 1 is 1.44 bits per heavy atom. The van der Waals surface area contributed by atoms with Crippen molar-refractivity contribution in [3.8, 4) is 0 Å². The standard InChI is InChI=1S/C14H18ClNO2/c1-13-7-14(13,8-13)9-16-12(17)6-18-11-4-2-10(15)3-5-11/h2,4H,3,5-9H2,1H3,(H,16,17). The molecule has 0 saturated heterocycles. The highest BCUT2D eigenvalue weighted by Crippen LogP contribution is 2.85. The molecule has 98 valence electrons. The molecule has 0 aromatic heterocycles. The van der Waals surface area contributed by atoms with Crippen LogP contribution in [0, 0.1) is 10.8 Å². The van der Waals surface area contributed by atoms with Gasteiger partial charge in [-0.15, -0.1) is 0 Å². The number of hydrogen-bond acceptors (Lipinski definition) is 2. The second-order valence-electron chi connectivity index (χ2n) is 6.01. The fourth-order valence-corrected chi connectivity index (χ4v) is 3.04. The minimum absolute atomic E-state index is 0.0212. The second kappa shape index (κ2) is 4.02. The first-order valence-corrected chi connectivity index (χ1v) is 6.86. The molecule has 0 unspecified atom stereocenters. The molecule has 3 nitrogen and oxygen atoms in total. The lowest BCUT2D eigenvalue weighted by atomic mass is 10.1. The Kier molecular flexibility index (Phi) is 2.70. The minimum Gasteiger partial charge on any atom is -0.488 e. The van der Waals surface area contributed by atoms with Gasteiger partial charge in [0.1, 0.15) is 0 Å². The molecule has 0 heterocycles. The molecule has 4 heteroatoms. The van der Waals surface area contributed by atoms with E-state index >= 15 is 0 Å². The van der Waals surface area contributed by atoms with Gasteiger partial charge in [-0.1, -0.05) is 18.5 Å². The van der Waals surface area contributed by atoms with Crippen LogP contribution in [0.25, 0.3) is 0 Å². The van der Waals surface area contributed by atoms with Crippen molar-refractivity contribution in [1.82, 2.24) is 5.32 Å². The average molecular weight is 268 g/mol. The smallest absolute Gasteiger partial charge is 0.257 e. The van der Waals surface area contributed by atoms with Gasteiger partial charge in [-0.3, -0.25) is 4.79 Å². The molecule has 3 aliphatic carbocycles. The molecule has 1 N–H and O–H groups in total. The number of carbonyl (C=O) groups excluding carboxylic acids is 1. The maximum absolute atomic E-state index is 11.6. The van der Waals surface area contributed by atoms with Crippen molar-refractivity contribution in [2.24, 2.45) is 10.8 Å². The van der Waals surface area contributed by atoms with E-state index in [1.54, 1.807) is 0 Å². The van der Waals surface area contributed by atoms with E-state index in [2.05, 4.69) is 12.2 Å². The van der Waals surface area contributed by atoms with Crippen molar-refractivity contribution in [2.45, 2.75) is 32.6 Å². The Bertz CT molecular complexity index is 447. The number of amides is 1. The van der Waals surface area contributed by atoms with Gasteiger partial charge in [-0.2, -0.15) is 0 Å². The molecule has 0 atom stereocenters. The van der Waals surface area contributed by atoms with Gasteiger partial charge in [-0.05, 0) is 42.2 Å². The molecule has 2 fully saturated rings. The largest absolute Gasteiger partial charge is 0.488 e. The highest BCUT2D eigenvalue weighted by Gasteiger charge is 2.79. The van der Waals surface area contributed by atoms with E-state index in [4.69, 9.17) is 16.3 Å². The quantitative estimate of drug-likeness (QED) is 0.832. The summed E-state index contributed by atoms with van der Waals surface area (Å²) in [4.78, 5) is 11.6. The molecule has 0 aliphatic heterocycles. The molecule has 0 bridgehead atoms. The Labute approximate surface area is 112 Å². The maximum Gasteiger partial charge on any atom is 0.257 e. The summed E-state index contributed by atoms with van der Waals surface area (Å²) in [5.41, 5.74) is 0.998. The number of fused-ring (bicyclic) bond motifs is 1. The van der Waals surface area contributed by atoms with Crippen LogP contribution in [0.4, 0.5) is 0 Å². The fraction of sp³-hybridized carbons (Fsp3) is 0.643. The van der Waals surface area contributed by atoms with Crippen LogP contribution in [0.3, 0.4) is 0 Å². The van der Waals surface area contributed by atoms with Gasteiger partial charge in [0, 0.05) is 18.0 Å². The van der Waals surface area contributed by atoms with Crippen LogP contribution in [-0.4, -0.2) is 19.1 Å². The Morgan fingerprint density at radius 2 is 2.17 bits per heavy atom. The van der Waals surface area contributed by atoms with Crippen molar-refractivity contribution >= 4 is 17.5 Å². The Hall–Kier alpha value is -0.960. The van der Waals surface area contributed by atoms with E-state index in [9.17, 15) is 4.79 Å². The van der Waals surface area contributed by atoms with Crippen LogP contribution in [0.2, 0.25) is 0 Å². The van der Waals surface area contributed by atoms with Crippen LogP contribution in [0.15, 0.2) is 22.9 Å². The zero-order valence-corrected chi connectivity index (χ0v) is 11.3. The molecule has 1 amide bonds. The van der Waals surface area contributed by atoms with Crippen LogP contribution >= 0.6 is 11.6 Å². The number of hydrogen-bond donors (Lipinski definition) is 1. The Morgan fingerprint density at radius 3 is 2.72 bits per heavy atom. The number of nitrogens with one attached hydrogen (secondary N) is 1. The third-order valence-corrected chi connectivity index (χ3v) is 4.88. The molecule has 0 aromatic carbocycles. The molecule has 0 radical (unpaired) electrons. The molecular formula is C14H18ClNO2. The van der Waals surface area contributed by atoms with E-state index in [1.807, 2.05) is 12.2 Å². The van der Waals surface area contributed by atoms with Gasteiger partial charge in [0.2, 0.25) is 0 Å². The van der Waals surface area contributed by atoms with Crippen molar-refractivity contribution in [2.75, 3.05) is 13.2 Å². The van der Waals surface area contributed by atoms with E-state index in [1.165, 1.54) is 12.8 Å². The van der Waals surface area contributed by atoms with E-state index in [-0.39, 0.29) is 12.5 Å². The van der Waals surface area contributed by atoms with Gasteiger partial charge >= 0.3 is 0 Å². The lowest BCUT2D eigenvalue weighted by Gasteiger charge is -2.13. The first kappa shape index (κ1) is 12.1. The highest BCUT2D eigenvalue weighted by atomic mass is 35.5. The number of carbonyl (C=O) groups is 1. The summed E-state index contributed by atoms with van der Waals surface area (Å²) >= 11 is 5.85. The van der Waals surface area contributed by atoms with E-state index in [0.29, 0.717) is 10.8 Å². The summed E-state index contributed by atoms with van der Waals surface area (Å²) in [6, 6.07) is 0. The zero-order valence-electron chi connectivity index (χ0n) is 10.6. The number of halogens is 1. The molecule has 18 heavy (non-hydrogen) atoms. The van der Waals surface area contributed by atoms with Crippen molar-refractivity contribution in [3.05, 3.63) is 22.9 Å². The molecule has 2 saturated carbocycles. The normalized spacial score (nSPS) is 36.1. The average Bonchev–Trinajstić information content (AvgIpc) is 3.10. The molecule has 3 rings (SSSR count). The summed E-state index contributed by atoms with van der Waals surface area (Å²) in [5, 5.41) is 3.81. The third kappa shape index (κ3) is 2.16. The van der Waals surface area contributed by atoms with E-state index < -0.39 is 0 Å². The van der Waals surface area contributed by atoms with Crippen LogP contribution in [0.1, 0.15) is 32.6 Å². The van der Waals surface area contributed by atoms with E-state index in [0.717, 1.165) is 30.2 Å². The predicted molar refractivity (Wildman–Crippen MR) is 70.0 cm³/mol. The summed E-state index contributed by atoms with van der Waals surface area (Å²) < 4.78 is 5.46. The summed E-state index contributed by atoms with van der Waals surface area (Å²) in [6.45, 7) is 3.22. The fourth-order valence-electron chi connectivity index (χ4n) is 2.88. The number of allylic oxidation sites excluding steroid dienone is 4. The number of rotatable bonds is 5. The minimum atomic E-state index is -0.0212.